The van der Waals surface area contributed by atoms with Crippen molar-refractivity contribution in [1.82, 2.24) is 0 Å². The summed E-state index contributed by atoms with van der Waals surface area (Å²) in [6, 6.07) is 7.99. The summed E-state index contributed by atoms with van der Waals surface area (Å²) in [5.74, 6) is -2.19. The van der Waals surface area contributed by atoms with Crippen LogP contribution < -0.4 is 5.32 Å². The summed E-state index contributed by atoms with van der Waals surface area (Å²) in [7, 11) is 0. The average Bonchev–Trinajstić information content (AvgIpc) is 3.20. The molecule has 0 saturated heterocycles. The molecule has 2 fully saturated rings. The van der Waals surface area contributed by atoms with Crippen molar-refractivity contribution in [2.24, 2.45) is 17.3 Å². The number of amides is 1. The minimum absolute atomic E-state index is 0.113. The number of carbonyl (C=O) groups is 3. The molecule has 9 heteroatoms. The van der Waals surface area contributed by atoms with E-state index < -0.39 is 34.9 Å². The summed E-state index contributed by atoms with van der Waals surface area (Å²) in [4.78, 5) is 36.3. The minimum Gasteiger partial charge on any atom is -0.508 e. The number of aryl methyl sites for hydroxylation is 1. The molecule has 0 radical (unpaired) electrons. The van der Waals surface area contributed by atoms with Crippen LogP contribution in [-0.4, -0.2) is 44.4 Å². The molecule has 3 aliphatic rings. The van der Waals surface area contributed by atoms with E-state index in [0.29, 0.717) is 23.5 Å². The Labute approximate surface area is 220 Å². The van der Waals surface area contributed by atoms with Crippen LogP contribution in [0.4, 0.5) is 5.69 Å². The number of nitrogens with one attached hydrogen (secondary N) is 1. The van der Waals surface area contributed by atoms with Crippen molar-refractivity contribution >= 4 is 23.5 Å². The number of aromatic carboxylic acids is 1. The normalized spacial score (nSPS) is 27.5. The van der Waals surface area contributed by atoms with Gasteiger partial charge >= 0.3 is 11.9 Å². The first-order chi connectivity index (χ1) is 18.1. The molecule has 2 aromatic carbocycles. The van der Waals surface area contributed by atoms with E-state index in [2.05, 4.69) is 18.3 Å². The van der Waals surface area contributed by atoms with Crippen molar-refractivity contribution in [3.63, 3.8) is 0 Å². The number of carboxylic acids is 1. The van der Waals surface area contributed by atoms with Crippen LogP contribution >= 0.6 is 0 Å². The summed E-state index contributed by atoms with van der Waals surface area (Å²) in [6.45, 7) is 2.23. The second-order valence-electron chi connectivity index (χ2n) is 11.1. The van der Waals surface area contributed by atoms with Crippen LogP contribution in [0.15, 0.2) is 30.3 Å². The van der Waals surface area contributed by atoms with Crippen molar-refractivity contribution in [2.45, 2.75) is 70.3 Å². The van der Waals surface area contributed by atoms with Gasteiger partial charge in [0.15, 0.2) is 5.75 Å². The number of ether oxygens (including phenoxy) is 1. The Balaban J connectivity index is 1.18. The highest BCUT2D eigenvalue weighted by Crippen LogP contribution is 2.61. The zero-order valence-corrected chi connectivity index (χ0v) is 21.3. The largest absolute Gasteiger partial charge is 0.508 e. The molecule has 9 nitrogen and oxygen atoms in total. The predicted octanol–water partition coefficient (Wildman–Crippen LogP) is 4.69. The standard InChI is InChI=1S/C29H33NO8/c1-29-13-12-18-17-5-3-16(31)14-15(17)2-4-19(18)20(29)6-9-23(29)38-25(34)11-10-24(33)30-21-7-8-22(32)26(27(21)35)28(36)37/h3,5,7-8,14,18-20,23,31-32,35H,2,4,6,9-13H2,1H3,(H,30,33)(H,36,37)/t18-,19-,20+,23+,29+/m1/s1. The van der Waals surface area contributed by atoms with E-state index in [1.54, 1.807) is 6.07 Å². The van der Waals surface area contributed by atoms with Crippen LogP contribution in [0.1, 0.15) is 79.3 Å². The van der Waals surface area contributed by atoms with Crippen molar-refractivity contribution in [2.75, 3.05) is 5.32 Å². The van der Waals surface area contributed by atoms with Gasteiger partial charge in [0.1, 0.15) is 23.2 Å². The maximum atomic E-state index is 12.7. The van der Waals surface area contributed by atoms with E-state index in [1.807, 2.05) is 6.07 Å². The topological polar surface area (TPSA) is 153 Å². The number of rotatable bonds is 6. The highest BCUT2D eigenvalue weighted by molar-refractivity contribution is 6.00. The molecule has 5 rings (SSSR count). The summed E-state index contributed by atoms with van der Waals surface area (Å²) < 4.78 is 5.93. The van der Waals surface area contributed by atoms with Gasteiger partial charge in [-0.15, -0.1) is 0 Å². The molecule has 0 bridgehead atoms. The molecule has 0 heterocycles. The molecule has 5 N–H and O–H groups in total. The lowest BCUT2D eigenvalue weighted by atomic mass is 9.55. The molecule has 0 aliphatic heterocycles. The van der Waals surface area contributed by atoms with Gasteiger partial charge in [-0.2, -0.15) is 0 Å². The van der Waals surface area contributed by atoms with Crippen molar-refractivity contribution < 1.29 is 39.5 Å². The number of carboxylic acid groups (broad SMARTS) is 1. The highest BCUT2D eigenvalue weighted by Gasteiger charge is 2.56. The minimum atomic E-state index is -1.53. The molecule has 5 atom stereocenters. The fraction of sp³-hybridized carbons (Fsp3) is 0.483. The summed E-state index contributed by atoms with van der Waals surface area (Å²) in [5.41, 5.74) is 1.61. The van der Waals surface area contributed by atoms with E-state index >= 15 is 0 Å². The van der Waals surface area contributed by atoms with Gasteiger partial charge in [0.25, 0.3) is 0 Å². The Kier molecular flexibility index (Phi) is 6.71. The first-order valence-electron chi connectivity index (χ1n) is 13.2. The molecule has 2 aromatic rings. The van der Waals surface area contributed by atoms with Gasteiger partial charge in [-0.3, -0.25) is 9.59 Å². The monoisotopic (exact) mass is 523 g/mol. The van der Waals surface area contributed by atoms with E-state index in [-0.39, 0.29) is 30.0 Å². The number of benzene rings is 2. The van der Waals surface area contributed by atoms with Gasteiger partial charge in [0, 0.05) is 11.8 Å². The van der Waals surface area contributed by atoms with E-state index in [0.717, 1.165) is 44.6 Å². The highest BCUT2D eigenvalue weighted by atomic mass is 16.5. The van der Waals surface area contributed by atoms with Crippen LogP contribution in [0.2, 0.25) is 0 Å². The smallest absolute Gasteiger partial charge is 0.343 e. The molecule has 202 valence electrons. The molecule has 0 spiro atoms. The number of anilines is 1. The number of hydrogen-bond acceptors (Lipinski definition) is 7. The first-order valence-corrected chi connectivity index (χ1v) is 13.2. The Morgan fingerprint density at radius 3 is 2.58 bits per heavy atom. The zero-order valence-electron chi connectivity index (χ0n) is 21.3. The summed E-state index contributed by atoms with van der Waals surface area (Å²) in [6.07, 6.45) is 5.23. The number of phenols is 3. The van der Waals surface area contributed by atoms with Crippen LogP contribution in [0, 0.1) is 17.3 Å². The van der Waals surface area contributed by atoms with Gasteiger partial charge < -0.3 is 30.5 Å². The molecule has 3 aliphatic carbocycles. The maximum absolute atomic E-state index is 12.7. The van der Waals surface area contributed by atoms with Gasteiger partial charge in [0.05, 0.1) is 12.1 Å². The van der Waals surface area contributed by atoms with E-state index in [9.17, 15) is 29.7 Å². The van der Waals surface area contributed by atoms with Crippen LogP contribution in [0.5, 0.6) is 17.2 Å². The van der Waals surface area contributed by atoms with Crippen molar-refractivity contribution in [3.05, 3.63) is 47.0 Å². The molecule has 0 aromatic heterocycles. The molecular formula is C29H33NO8. The van der Waals surface area contributed by atoms with Crippen molar-refractivity contribution in [1.29, 1.82) is 0 Å². The lowest BCUT2D eigenvalue weighted by molar-refractivity contribution is -0.158. The summed E-state index contributed by atoms with van der Waals surface area (Å²) in [5, 5.41) is 41.1. The fourth-order valence-electron chi connectivity index (χ4n) is 7.25. The molecule has 1 amide bonds. The third-order valence-corrected chi connectivity index (χ3v) is 9.10. The van der Waals surface area contributed by atoms with Crippen molar-refractivity contribution in [3.8, 4) is 17.2 Å². The van der Waals surface area contributed by atoms with Crippen LogP contribution in [0.25, 0.3) is 0 Å². The third kappa shape index (κ3) is 4.54. The number of aromatic hydroxyl groups is 3. The Morgan fingerprint density at radius 2 is 1.82 bits per heavy atom. The maximum Gasteiger partial charge on any atom is 0.343 e. The number of fused-ring (bicyclic) bond motifs is 5. The molecule has 0 unspecified atom stereocenters. The van der Waals surface area contributed by atoms with Gasteiger partial charge in [-0.05, 0) is 91.7 Å². The fourth-order valence-corrected chi connectivity index (χ4v) is 7.25. The third-order valence-electron chi connectivity index (χ3n) is 9.10. The predicted molar refractivity (Wildman–Crippen MR) is 137 cm³/mol. The zero-order chi connectivity index (χ0) is 27.2. The number of hydrogen-bond donors (Lipinski definition) is 5. The lowest BCUT2D eigenvalue weighted by Crippen LogP contribution is -2.45. The van der Waals surface area contributed by atoms with E-state index in [4.69, 9.17) is 9.84 Å². The second kappa shape index (κ2) is 9.85. The first kappa shape index (κ1) is 25.9. The quantitative estimate of drug-likeness (QED) is 0.208. The van der Waals surface area contributed by atoms with Gasteiger partial charge in [-0.25, -0.2) is 4.79 Å². The summed E-state index contributed by atoms with van der Waals surface area (Å²) >= 11 is 0. The lowest BCUT2D eigenvalue weighted by Gasteiger charge is -2.50. The number of phenolic OH excluding ortho intramolecular Hbond substituents is 1. The number of carbonyl (C=O) groups excluding carboxylic acids is 2. The molecular weight excluding hydrogens is 490 g/mol. The Morgan fingerprint density at radius 1 is 1.03 bits per heavy atom. The van der Waals surface area contributed by atoms with Gasteiger partial charge in [0.2, 0.25) is 5.91 Å². The Hall–Kier alpha value is -3.75. The second-order valence-corrected chi connectivity index (χ2v) is 11.1. The van der Waals surface area contributed by atoms with Crippen LogP contribution in [-0.2, 0) is 20.7 Å². The molecule has 38 heavy (non-hydrogen) atoms. The average molecular weight is 524 g/mol. The van der Waals surface area contributed by atoms with E-state index in [1.165, 1.54) is 17.2 Å². The van der Waals surface area contributed by atoms with Crippen LogP contribution in [0.3, 0.4) is 0 Å². The molecule has 2 saturated carbocycles. The SMILES string of the molecule is C[C@]12CC[C@@H]3c4ccc(O)cc4CC[C@H]3[C@@H]1CC[C@@H]2OC(=O)CCC(=O)Nc1ccc(O)c(C(=O)O)c1O. The van der Waals surface area contributed by atoms with Gasteiger partial charge in [-0.1, -0.05) is 13.0 Å². The number of esters is 1. The Bertz CT molecular complexity index is 1290.